The Morgan fingerprint density at radius 2 is 2.28 bits per heavy atom. The molecule has 1 saturated carbocycles. The number of rotatable bonds is 1. The monoisotopic (exact) mass is 329 g/mol. The van der Waals surface area contributed by atoms with Crippen LogP contribution >= 0.6 is 27.3 Å². The summed E-state index contributed by atoms with van der Waals surface area (Å²) in [5.41, 5.74) is 5.02. The van der Waals surface area contributed by atoms with Crippen LogP contribution in [-0.2, 0) is 4.79 Å². The maximum absolute atomic E-state index is 11.7. The third kappa shape index (κ3) is 2.59. The number of guanidine groups is 1. The Labute approximate surface area is 119 Å². The topological polar surface area (TPSA) is 58.7 Å². The van der Waals surface area contributed by atoms with Gasteiger partial charge in [0.2, 0.25) is 0 Å². The molecule has 1 aromatic rings. The molecule has 0 saturated heterocycles. The second-order valence-electron chi connectivity index (χ2n) is 4.67. The summed E-state index contributed by atoms with van der Waals surface area (Å²) in [6.45, 7) is 1.88. The Balaban J connectivity index is 0.000000169. The zero-order valence-electron chi connectivity index (χ0n) is 10.4. The average Bonchev–Trinajstić information content (AvgIpc) is 3.06. The molecule has 6 heteroatoms. The molecule has 1 aliphatic heterocycles. The Morgan fingerprint density at radius 3 is 2.56 bits per heavy atom. The fourth-order valence-corrected chi connectivity index (χ4v) is 2.89. The third-order valence-corrected chi connectivity index (χ3v) is 4.77. The Hall–Kier alpha value is -0.880. The normalized spacial score (nSPS) is 26.7. The van der Waals surface area contributed by atoms with Crippen LogP contribution in [0.25, 0.3) is 0 Å². The van der Waals surface area contributed by atoms with Crippen molar-refractivity contribution in [2.75, 3.05) is 7.05 Å². The summed E-state index contributed by atoms with van der Waals surface area (Å²) in [5, 5.41) is 2.03. The predicted molar refractivity (Wildman–Crippen MR) is 77.5 cm³/mol. The van der Waals surface area contributed by atoms with E-state index >= 15 is 0 Å². The van der Waals surface area contributed by atoms with Crippen LogP contribution in [0.15, 0.2) is 26.3 Å². The van der Waals surface area contributed by atoms with E-state index in [1.807, 2.05) is 24.4 Å². The van der Waals surface area contributed by atoms with Crippen LogP contribution in [-0.4, -0.2) is 29.4 Å². The molecule has 1 aromatic heterocycles. The van der Waals surface area contributed by atoms with Gasteiger partial charge in [0.25, 0.3) is 5.91 Å². The van der Waals surface area contributed by atoms with Gasteiger partial charge in [-0.1, -0.05) is 6.07 Å². The molecule has 2 heterocycles. The number of hydrogen-bond donors (Lipinski definition) is 1. The molecule has 1 fully saturated rings. The van der Waals surface area contributed by atoms with Crippen LogP contribution in [0, 0.1) is 5.92 Å². The predicted octanol–water partition coefficient (Wildman–Crippen LogP) is 2.45. The zero-order chi connectivity index (χ0) is 13.3. The van der Waals surface area contributed by atoms with Gasteiger partial charge in [0.05, 0.1) is 3.79 Å². The van der Waals surface area contributed by atoms with Crippen LogP contribution in [0.3, 0.4) is 0 Å². The van der Waals surface area contributed by atoms with Crippen molar-refractivity contribution in [2.45, 2.75) is 25.3 Å². The molecule has 1 aliphatic carbocycles. The molecule has 1 atom stereocenters. The second-order valence-corrected chi connectivity index (χ2v) is 7.00. The van der Waals surface area contributed by atoms with Crippen molar-refractivity contribution in [1.82, 2.24) is 4.90 Å². The van der Waals surface area contributed by atoms with Gasteiger partial charge in [-0.3, -0.25) is 9.69 Å². The highest BCUT2D eigenvalue weighted by molar-refractivity contribution is 9.11. The van der Waals surface area contributed by atoms with Crippen molar-refractivity contribution in [2.24, 2.45) is 16.6 Å². The van der Waals surface area contributed by atoms with Crippen molar-refractivity contribution in [3.8, 4) is 0 Å². The van der Waals surface area contributed by atoms with Gasteiger partial charge in [0.15, 0.2) is 5.96 Å². The molecule has 3 rings (SSSR count). The second kappa shape index (κ2) is 5.01. The molecule has 18 heavy (non-hydrogen) atoms. The van der Waals surface area contributed by atoms with Gasteiger partial charge in [0.1, 0.15) is 5.54 Å². The first kappa shape index (κ1) is 13.5. The number of likely N-dealkylation sites (N-methyl/N-ethyl adjacent to an activating group) is 1. The molecule has 2 N–H and O–H groups in total. The summed E-state index contributed by atoms with van der Waals surface area (Å²) in [4.78, 5) is 17.3. The molecule has 1 unspecified atom stereocenters. The quantitative estimate of drug-likeness (QED) is 0.860. The molecule has 0 radical (unpaired) electrons. The van der Waals surface area contributed by atoms with Crippen molar-refractivity contribution in [3.05, 3.63) is 21.3 Å². The maximum atomic E-state index is 11.7. The zero-order valence-corrected chi connectivity index (χ0v) is 12.8. The van der Waals surface area contributed by atoms with Crippen molar-refractivity contribution in [1.29, 1.82) is 0 Å². The first-order valence-corrected chi connectivity index (χ1v) is 7.45. The van der Waals surface area contributed by atoms with E-state index in [1.54, 1.807) is 18.4 Å². The summed E-state index contributed by atoms with van der Waals surface area (Å²) >= 11 is 4.99. The third-order valence-electron chi connectivity index (χ3n) is 3.29. The Morgan fingerprint density at radius 1 is 1.61 bits per heavy atom. The van der Waals surface area contributed by atoms with Crippen LogP contribution in [0.2, 0.25) is 0 Å². The number of carbonyl (C=O) groups excluding carboxylic acids is 1. The molecular weight excluding hydrogens is 314 g/mol. The number of thiophene rings is 1. The molecule has 2 aliphatic rings. The molecule has 98 valence electrons. The van der Waals surface area contributed by atoms with E-state index in [-0.39, 0.29) is 5.91 Å². The van der Waals surface area contributed by atoms with Gasteiger partial charge in [-0.15, -0.1) is 11.3 Å². The SMILES string of the molecule is Brc1cccs1.CN1C(=O)C(C)(C2CC2)N=C1N. The fourth-order valence-electron chi connectivity index (χ4n) is 1.97. The first-order chi connectivity index (χ1) is 8.45. The minimum absolute atomic E-state index is 0.0440. The van der Waals surface area contributed by atoms with Crippen molar-refractivity contribution in [3.63, 3.8) is 0 Å². The van der Waals surface area contributed by atoms with E-state index in [0.29, 0.717) is 11.9 Å². The lowest BCUT2D eigenvalue weighted by Gasteiger charge is -2.18. The minimum Gasteiger partial charge on any atom is -0.369 e. The number of nitrogens with zero attached hydrogens (tertiary/aromatic N) is 2. The van der Waals surface area contributed by atoms with Gasteiger partial charge < -0.3 is 5.73 Å². The van der Waals surface area contributed by atoms with E-state index in [2.05, 4.69) is 20.9 Å². The summed E-state index contributed by atoms with van der Waals surface area (Å²) in [6, 6.07) is 4.03. The molecule has 1 amide bonds. The highest BCUT2D eigenvalue weighted by atomic mass is 79.9. The standard InChI is InChI=1S/C8H13N3O.C4H3BrS/c1-8(5-3-4-5)6(12)11(2)7(9)10-8;5-4-2-1-3-6-4/h5H,3-4H2,1-2H3,(H2,9,10);1-3H. The van der Waals surface area contributed by atoms with Gasteiger partial charge in [-0.25, -0.2) is 4.99 Å². The Bertz CT molecular complexity index is 470. The smallest absolute Gasteiger partial charge is 0.257 e. The summed E-state index contributed by atoms with van der Waals surface area (Å²) in [5.74, 6) is 0.824. The van der Waals surface area contributed by atoms with Crippen LogP contribution in [0.4, 0.5) is 0 Å². The molecule has 4 nitrogen and oxygen atoms in total. The number of carbonyl (C=O) groups is 1. The summed E-state index contributed by atoms with van der Waals surface area (Å²) < 4.78 is 1.20. The van der Waals surface area contributed by atoms with E-state index in [0.717, 1.165) is 12.8 Å². The van der Waals surface area contributed by atoms with E-state index in [9.17, 15) is 4.79 Å². The van der Waals surface area contributed by atoms with Gasteiger partial charge >= 0.3 is 0 Å². The molecular formula is C12H16BrN3OS. The van der Waals surface area contributed by atoms with E-state index in [1.165, 1.54) is 8.69 Å². The van der Waals surface area contributed by atoms with Crippen molar-refractivity contribution >= 4 is 39.1 Å². The average molecular weight is 330 g/mol. The van der Waals surface area contributed by atoms with Gasteiger partial charge in [-0.05, 0) is 53.1 Å². The van der Waals surface area contributed by atoms with Gasteiger partial charge in [0, 0.05) is 7.05 Å². The maximum Gasteiger partial charge on any atom is 0.257 e. The van der Waals surface area contributed by atoms with Gasteiger partial charge in [-0.2, -0.15) is 0 Å². The number of nitrogens with two attached hydrogens (primary N) is 1. The largest absolute Gasteiger partial charge is 0.369 e. The molecule has 0 spiro atoms. The van der Waals surface area contributed by atoms with Crippen molar-refractivity contribution < 1.29 is 4.79 Å². The summed E-state index contributed by atoms with van der Waals surface area (Å²) in [6.07, 6.45) is 2.21. The lowest BCUT2D eigenvalue weighted by molar-refractivity contribution is -0.130. The van der Waals surface area contributed by atoms with E-state index in [4.69, 9.17) is 5.73 Å². The number of aliphatic imine (C=N–C) groups is 1. The fraction of sp³-hybridized carbons (Fsp3) is 0.500. The number of amides is 1. The Kier molecular flexibility index (Phi) is 3.77. The number of hydrogen-bond acceptors (Lipinski definition) is 4. The molecule has 0 bridgehead atoms. The van der Waals surface area contributed by atoms with Crippen LogP contribution < -0.4 is 5.73 Å². The molecule has 0 aromatic carbocycles. The lowest BCUT2D eigenvalue weighted by atomic mass is 9.96. The highest BCUT2D eigenvalue weighted by Crippen LogP contribution is 2.44. The van der Waals surface area contributed by atoms with Crippen LogP contribution in [0.5, 0.6) is 0 Å². The van der Waals surface area contributed by atoms with E-state index < -0.39 is 5.54 Å². The number of halogens is 1. The first-order valence-electron chi connectivity index (χ1n) is 5.77. The minimum atomic E-state index is -0.543. The highest BCUT2D eigenvalue weighted by Gasteiger charge is 2.52. The lowest BCUT2D eigenvalue weighted by Crippen LogP contribution is -2.41. The summed E-state index contributed by atoms with van der Waals surface area (Å²) in [7, 11) is 1.68. The van der Waals surface area contributed by atoms with Crippen LogP contribution in [0.1, 0.15) is 19.8 Å².